The van der Waals surface area contributed by atoms with E-state index in [1.165, 1.54) is 0 Å². The summed E-state index contributed by atoms with van der Waals surface area (Å²) in [7, 11) is 0. The number of rotatable bonds is 6. The summed E-state index contributed by atoms with van der Waals surface area (Å²) in [5, 5.41) is 1.44. The lowest BCUT2D eigenvalue weighted by molar-refractivity contribution is 0.0474. The number of hydrogen-bond donors (Lipinski definition) is 0. The van der Waals surface area contributed by atoms with E-state index in [1.807, 2.05) is 42.5 Å². The zero-order chi connectivity index (χ0) is 18.5. The molecule has 0 atom stereocenters. The normalized spacial score (nSPS) is 10.9. The Hall–Kier alpha value is -2.39. The van der Waals surface area contributed by atoms with Crippen LogP contribution in [0.25, 0.3) is 10.9 Å². The summed E-state index contributed by atoms with van der Waals surface area (Å²) in [6.45, 7) is 4.32. The number of nitrogens with zero attached hydrogens (tertiary/aromatic N) is 1. The van der Waals surface area contributed by atoms with Gasteiger partial charge < -0.3 is 4.74 Å². The first-order chi connectivity index (χ1) is 12.7. The highest BCUT2D eigenvalue weighted by Gasteiger charge is 2.20. The quantitative estimate of drug-likeness (QED) is 0.520. The fraction of sp³-hybridized carbons (Fsp3) is 0.273. The summed E-state index contributed by atoms with van der Waals surface area (Å²) in [4.78, 5) is 17.8. The van der Waals surface area contributed by atoms with Crippen molar-refractivity contribution in [3.8, 4) is 0 Å². The Balaban J connectivity index is 2.01. The number of fused-ring (bicyclic) bond motifs is 1. The second-order valence-corrected chi connectivity index (χ2v) is 6.61. The topological polar surface area (TPSA) is 39.2 Å². The Morgan fingerprint density at radius 1 is 1.08 bits per heavy atom. The van der Waals surface area contributed by atoms with Crippen LogP contribution in [0.15, 0.2) is 48.5 Å². The molecule has 1 aromatic heterocycles. The summed E-state index contributed by atoms with van der Waals surface area (Å²) in [5.74, 6) is -0.322. The van der Waals surface area contributed by atoms with Gasteiger partial charge in [0.2, 0.25) is 0 Å². The van der Waals surface area contributed by atoms with E-state index in [2.05, 4.69) is 13.8 Å². The van der Waals surface area contributed by atoms with E-state index in [4.69, 9.17) is 21.3 Å². The number of carbonyl (C=O) groups excluding carboxylic acids is 1. The first kappa shape index (κ1) is 18.4. The molecule has 0 aliphatic carbocycles. The number of ether oxygens (including phenoxy) is 1. The van der Waals surface area contributed by atoms with E-state index < -0.39 is 0 Å². The molecule has 134 valence electrons. The molecular weight excluding hydrogens is 346 g/mol. The van der Waals surface area contributed by atoms with Gasteiger partial charge in [-0.3, -0.25) is 4.98 Å². The van der Waals surface area contributed by atoms with Crippen molar-refractivity contribution in [2.24, 2.45) is 0 Å². The van der Waals surface area contributed by atoms with Gasteiger partial charge in [-0.05, 0) is 30.5 Å². The second-order valence-electron chi connectivity index (χ2n) is 6.20. The third-order valence-electron chi connectivity index (χ3n) is 4.44. The van der Waals surface area contributed by atoms with Crippen LogP contribution in [0.4, 0.5) is 0 Å². The van der Waals surface area contributed by atoms with Gasteiger partial charge in [0.1, 0.15) is 6.61 Å². The predicted molar refractivity (Wildman–Crippen MR) is 106 cm³/mol. The molecule has 0 aliphatic heterocycles. The minimum atomic E-state index is -0.322. The van der Waals surface area contributed by atoms with E-state index in [9.17, 15) is 4.79 Å². The van der Waals surface area contributed by atoms with E-state index in [-0.39, 0.29) is 12.6 Å². The van der Waals surface area contributed by atoms with E-state index in [1.54, 1.807) is 6.07 Å². The van der Waals surface area contributed by atoms with Crippen molar-refractivity contribution in [1.82, 2.24) is 4.98 Å². The highest BCUT2D eigenvalue weighted by molar-refractivity contribution is 6.31. The fourth-order valence-corrected chi connectivity index (χ4v) is 3.38. The number of aromatic nitrogens is 1. The second kappa shape index (κ2) is 8.33. The standard InChI is InChI=1S/C22H22ClNO2/c1-3-9-19-16(4-2)21(17-11-6-8-13-20(17)24-19)22(25)26-14-15-10-5-7-12-18(15)23/h5-8,10-13H,3-4,9,14H2,1-2H3. The maximum Gasteiger partial charge on any atom is 0.339 e. The SMILES string of the molecule is CCCc1nc2ccccc2c(C(=O)OCc2ccccc2Cl)c1CC. The average Bonchev–Trinajstić information content (AvgIpc) is 2.66. The molecule has 4 heteroatoms. The molecule has 3 nitrogen and oxygen atoms in total. The van der Waals surface area contributed by atoms with Crippen LogP contribution in [-0.2, 0) is 24.2 Å². The molecule has 26 heavy (non-hydrogen) atoms. The number of halogens is 1. The molecule has 0 saturated heterocycles. The molecule has 3 aromatic rings. The predicted octanol–water partition coefficient (Wildman–Crippen LogP) is 5.76. The van der Waals surface area contributed by atoms with Crippen LogP contribution >= 0.6 is 11.6 Å². The number of pyridine rings is 1. The zero-order valence-electron chi connectivity index (χ0n) is 15.1. The number of benzene rings is 2. The van der Waals surface area contributed by atoms with Crippen LogP contribution in [0.5, 0.6) is 0 Å². The summed E-state index contributed by atoms with van der Waals surface area (Å²) < 4.78 is 5.63. The first-order valence-electron chi connectivity index (χ1n) is 8.96. The van der Waals surface area contributed by atoms with Gasteiger partial charge in [-0.1, -0.05) is 68.3 Å². The fourth-order valence-electron chi connectivity index (χ4n) is 3.19. The van der Waals surface area contributed by atoms with Gasteiger partial charge >= 0.3 is 5.97 Å². The lowest BCUT2D eigenvalue weighted by atomic mass is 9.96. The van der Waals surface area contributed by atoms with E-state index >= 15 is 0 Å². The smallest absolute Gasteiger partial charge is 0.339 e. The van der Waals surface area contributed by atoms with E-state index in [0.29, 0.717) is 10.6 Å². The summed E-state index contributed by atoms with van der Waals surface area (Å²) in [6, 6.07) is 15.1. The molecule has 0 saturated carbocycles. The van der Waals surface area contributed by atoms with Crippen molar-refractivity contribution in [2.75, 3.05) is 0 Å². The van der Waals surface area contributed by atoms with Crippen molar-refractivity contribution in [3.05, 3.63) is 75.9 Å². The Morgan fingerprint density at radius 2 is 1.81 bits per heavy atom. The molecular formula is C22H22ClNO2. The average molecular weight is 368 g/mol. The Kier molecular flexibility index (Phi) is 5.89. The van der Waals surface area contributed by atoms with Crippen molar-refractivity contribution in [1.29, 1.82) is 0 Å². The molecule has 0 N–H and O–H groups in total. The first-order valence-corrected chi connectivity index (χ1v) is 9.34. The van der Waals surface area contributed by atoms with Crippen LogP contribution < -0.4 is 0 Å². The highest BCUT2D eigenvalue weighted by atomic mass is 35.5. The maximum absolute atomic E-state index is 13.0. The summed E-state index contributed by atoms with van der Waals surface area (Å²) in [5.41, 5.74) is 4.23. The number of esters is 1. The lowest BCUT2D eigenvalue weighted by Gasteiger charge is -2.15. The molecule has 0 aliphatic rings. The van der Waals surface area contributed by atoms with Crippen LogP contribution in [0.3, 0.4) is 0 Å². The minimum absolute atomic E-state index is 0.154. The minimum Gasteiger partial charge on any atom is -0.457 e. The van der Waals surface area contributed by atoms with Crippen LogP contribution in [0.2, 0.25) is 5.02 Å². The van der Waals surface area contributed by atoms with Gasteiger partial charge in [-0.15, -0.1) is 0 Å². The van der Waals surface area contributed by atoms with Gasteiger partial charge in [-0.25, -0.2) is 4.79 Å². The molecule has 0 unspecified atom stereocenters. The molecule has 1 heterocycles. The summed E-state index contributed by atoms with van der Waals surface area (Å²) >= 11 is 6.17. The van der Waals surface area contributed by atoms with Crippen LogP contribution in [0, 0.1) is 0 Å². The van der Waals surface area contributed by atoms with E-state index in [0.717, 1.165) is 47.0 Å². The lowest BCUT2D eigenvalue weighted by Crippen LogP contribution is -2.13. The van der Waals surface area contributed by atoms with Gasteiger partial charge in [0.15, 0.2) is 0 Å². The largest absolute Gasteiger partial charge is 0.457 e. The van der Waals surface area contributed by atoms with Crippen molar-refractivity contribution >= 4 is 28.5 Å². The van der Waals surface area contributed by atoms with Gasteiger partial charge in [0.05, 0.1) is 11.1 Å². The Bertz CT molecular complexity index is 937. The molecule has 0 spiro atoms. The molecule has 0 amide bonds. The highest BCUT2D eigenvalue weighted by Crippen LogP contribution is 2.27. The molecule has 0 radical (unpaired) electrons. The molecule has 0 fully saturated rings. The number of hydrogen-bond acceptors (Lipinski definition) is 3. The third kappa shape index (κ3) is 3.73. The maximum atomic E-state index is 13.0. The van der Waals surface area contributed by atoms with Crippen molar-refractivity contribution in [3.63, 3.8) is 0 Å². The van der Waals surface area contributed by atoms with Crippen LogP contribution in [-0.4, -0.2) is 11.0 Å². The van der Waals surface area contributed by atoms with Crippen molar-refractivity contribution < 1.29 is 9.53 Å². The molecule has 3 rings (SSSR count). The monoisotopic (exact) mass is 367 g/mol. The summed E-state index contributed by atoms with van der Waals surface area (Å²) in [6.07, 6.45) is 2.56. The Morgan fingerprint density at radius 3 is 2.54 bits per heavy atom. The van der Waals surface area contributed by atoms with Gasteiger partial charge in [0.25, 0.3) is 0 Å². The van der Waals surface area contributed by atoms with Crippen LogP contribution in [0.1, 0.15) is 47.4 Å². The Labute approximate surface area is 159 Å². The van der Waals surface area contributed by atoms with Gasteiger partial charge in [-0.2, -0.15) is 0 Å². The molecule has 0 bridgehead atoms. The zero-order valence-corrected chi connectivity index (χ0v) is 15.8. The van der Waals surface area contributed by atoms with Crippen molar-refractivity contribution in [2.45, 2.75) is 39.7 Å². The molecule has 2 aromatic carbocycles. The van der Waals surface area contributed by atoms with Gasteiger partial charge in [0, 0.05) is 21.7 Å². The number of carbonyl (C=O) groups is 1. The number of aryl methyl sites for hydroxylation is 1. The number of para-hydroxylation sites is 1. The third-order valence-corrected chi connectivity index (χ3v) is 4.81.